The molecule has 1 amide bonds. The third-order valence-electron chi connectivity index (χ3n) is 4.52. The molecule has 3 aromatic rings. The van der Waals surface area contributed by atoms with Crippen LogP contribution in [-0.2, 0) is 6.54 Å². The van der Waals surface area contributed by atoms with Crippen LogP contribution in [0.2, 0.25) is 5.02 Å². The molecule has 0 aliphatic carbocycles. The number of amides is 1. The molecule has 0 aliphatic heterocycles. The Morgan fingerprint density at radius 3 is 2.46 bits per heavy atom. The lowest BCUT2D eigenvalue weighted by Crippen LogP contribution is -2.31. The molecule has 3 rings (SSSR count). The third-order valence-corrected chi connectivity index (χ3v) is 4.93. The Labute approximate surface area is 156 Å². The second-order valence-corrected chi connectivity index (χ2v) is 6.76. The molecule has 0 atom stereocenters. The molecule has 0 saturated heterocycles. The fraction of sp³-hybridized carbons (Fsp3) is 0.250. The molecule has 0 unspecified atom stereocenters. The molecule has 5 nitrogen and oxygen atoms in total. The van der Waals surface area contributed by atoms with Gasteiger partial charge in [-0.15, -0.1) is 0 Å². The van der Waals surface area contributed by atoms with Gasteiger partial charge >= 0.3 is 0 Å². The number of carbonyl (C=O) groups excluding carboxylic acids is 1. The van der Waals surface area contributed by atoms with Crippen molar-refractivity contribution in [3.8, 4) is 0 Å². The van der Waals surface area contributed by atoms with Crippen LogP contribution in [0, 0.1) is 20.8 Å². The van der Waals surface area contributed by atoms with E-state index in [1.54, 1.807) is 16.7 Å². The van der Waals surface area contributed by atoms with Crippen LogP contribution < -0.4 is 10.9 Å². The smallest absolute Gasteiger partial charge is 0.282 e. The number of hydrogen-bond acceptors (Lipinski definition) is 3. The third kappa shape index (κ3) is 3.22. The van der Waals surface area contributed by atoms with E-state index >= 15 is 0 Å². The molecule has 26 heavy (non-hydrogen) atoms. The first kappa shape index (κ1) is 18.1. The molecule has 0 saturated carbocycles. The lowest BCUT2D eigenvalue weighted by Gasteiger charge is -2.12. The summed E-state index contributed by atoms with van der Waals surface area (Å²) in [4.78, 5) is 29.8. The zero-order valence-electron chi connectivity index (χ0n) is 15.2. The maximum absolute atomic E-state index is 12.8. The summed E-state index contributed by atoms with van der Waals surface area (Å²) in [7, 11) is 0. The lowest BCUT2D eigenvalue weighted by molar-refractivity contribution is 0.102. The van der Waals surface area contributed by atoms with Gasteiger partial charge in [0.05, 0.1) is 11.0 Å². The number of hydrogen-bond donors (Lipinski definition) is 1. The first-order chi connectivity index (χ1) is 12.3. The van der Waals surface area contributed by atoms with Crippen LogP contribution in [0.15, 0.2) is 35.1 Å². The van der Waals surface area contributed by atoms with E-state index in [4.69, 9.17) is 11.6 Å². The minimum atomic E-state index is -0.544. The minimum Gasteiger partial charge on any atom is -0.320 e. The summed E-state index contributed by atoms with van der Waals surface area (Å²) >= 11 is 6.10. The fourth-order valence-corrected chi connectivity index (χ4v) is 3.00. The van der Waals surface area contributed by atoms with E-state index in [2.05, 4.69) is 10.3 Å². The summed E-state index contributed by atoms with van der Waals surface area (Å²) in [5, 5.41) is 3.26. The number of halogens is 1. The van der Waals surface area contributed by atoms with Gasteiger partial charge in [0.1, 0.15) is 0 Å². The van der Waals surface area contributed by atoms with Crippen LogP contribution in [0.5, 0.6) is 0 Å². The van der Waals surface area contributed by atoms with Crippen molar-refractivity contribution in [3.05, 3.63) is 68.1 Å². The second kappa shape index (κ2) is 6.92. The van der Waals surface area contributed by atoms with Crippen LogP contribution in [0.25, 0.3) is 11.0 Å². The highest BCUT2D eigenvalue weighted by Gasteiger charge is 2.18. The Kier molecular flexibility index (Phi) is 4.83. The standard InChI is InChI=1S/C20H20ClN3O2/c1-5-24-17-9-13(4)12(3)8-16(17)23-18(20(24)26)19(25)22-14-7-6-11(2)15(21)10-14/h6-10H,5H2,1-4H3,(H,22,25). The zero-order chi connectivity index (χ0) is 19.0. The number of nitrogens with one attached hydrogen (secondary N) is 1. The first-order valence-electron chi connectivity index (χ1n) is 8.41. The minimum absolute atomic E-state index is 0.126. The number of aromatic nitrogens is 2. The molecule has 6 heteroatoms. The highest BCUT2D eigenvalue weighted by Crippen LogP contribution is 2.21. The summed E-state index contributed by atoms with van der Waals surface area (Å²) in [6, 6.07) is 9.04. The number of anilines is 1. The van der Waals surface area contributed by atoms with Crippen molar-refractivity contribution in [1.82, 2.24) is 9.55 Å². The van der Waals surface area contributed by atoms with Crippen molar-refractivity contribution in [1.29, 1.82) is 0 Å². The molecule has 1 N–H and O–H groups in total. The number of nitrogens with zero attached hydrogens (tertiary/aromatic N) is 2. The van der Waals surface area contributed by atoms with Crippen molar-refractivity contribution in [3.63, 3.8) is 0 Å². The molecule has 1 aromatic heterocycles. The summed E-state index contributed by atoms with van der Waals surface area (Å²) in [5.74, 6) is -0.544. The van der Waals surface area contributed by atoms with Crippen molar-refractivity contribution in [2.24, 2.45) is 0 Å². The Morgan fingerprint density at radius 2 is 1.81 bits per heavy atom. The molecule has 2 aromatic carbocycles. The molecule has 0 radical (unpaired) electrons. The zero-order valence-corrected chi connectivity index (χ0v) is 15.9. The summed E-state index contributed by atoms with van der Waals surface area (Å²) in [6.45, 7) is 8.17. The molecule has 134 valence electrons. The van der Waals surface area contributed by atoms with Crippen LogP contribution in [-0.4, -0.2) is 15.5 Å². The lowest BCUT2D eigenvalue weighted by atomic mass is 10.1. The monoisotopic (exact) mass is 369 g/mol. The molecule has 0 aliphatic rings. The number of benzene rings is 2. The summed E-state index contributed by atoms with van der Waals surface area (Å²) < 4.78 is 1.58. The Bertz CT molecular complexity index is 1090. The predicted molar refractivity (Wildman–Crippen MR) is 105 cm³/mol. The Balaban J connectivity index is 2.10. The maximum Gasteiger partial charge on any atom is 0.282 e. The van der Waals surface area contributed by atoms with E-state index in [9.17, 15) is 9.59 Å². The highest BCUT2D eigenvalue weighted by molar-refractivity contribution is 6.31. The van der Waals surface area contributed by atoms with Gasteiger partial charge in [0, 0.05) is 17.3 Å². The van der Waals surface area contributed by atoms with Crippen LogP contribution >= 0.6 is 11.6 Å². The normalized spacial score (nSPS) is 11.0. The number of carbonyl (C=O) groups is 1. The van der Waals surface area contributed by atoms with Crippen LogP contribution in [0.4, 0.5) is 5.69 Å². The van der Waals surface area contributed by atoms with E-state index < -0.39 is 11.5 Å². The van der Waals surface area contributed by atoms with Crippen LogP contribution in [0.3, 0.4) is 0 Å². The van der Waals surface area contributed by atoms with Gasteiger partial charge < -0.3 is 9.88 Å². The van der Waals surface area contributed by atoms with Crippen molar-refractivity contribution in [2.45, 2.75) is 34.2 Å². The van der Waals surface area contributed by atoms with Crippen molar-refractivity contribution >= 4 is 34.2 Å². The van der Waals surface area contributed by atoms with E-state index in [0.717, 1.165) is 22.2 Å². The summed E-state index contributed by atoms with van der Waals surface area (Å²) in [5.41, 5.74) is 4.40. The van der Waals surface area contributed by atoms with E-state index in [0.29, 0.717) is 22.8 Å². The van der Waals surface area contributed by atoms with E-state index in [1.807, 2.05) is 45.9 Å². The maximum atomic E-state index is 12.8. The van der Waals surface area contributed by atoms with Gasteiger partial charge in [0.15, 0.2) is 5.69 Å². The predicted octanol–water partition coefficient (Wildman–Crippen LogP) is 4.25. The topological polar surface area (TPSA) is 64.0 Å². The van der Waals surface area contributed by atoms with Gasteiger partial charge in [0.2, 0.25) is 0 Å². The molecular weight excluding hydrogens is 350 g/mol. The summed E-state index contributed by atoms with van der Waals surface area (Å²) in [6.07, 6.45) is 0. The number of rotatable bonds is 3. The average molecular weight is 370 g/mol. The Morgan fingerprint density at radius 1 is 1.12 bits per heavy atom. The first-order valence-corrected chi connectivity index (χ1v) is 8.79. The molecule has 0 bridgehead atoms. The quantitative estimate of drug-likeness (QED) is 0.750. The largest absolute Gasteiger partial charge is 0.320 e. The van der Waals surface area contributed by atoms with Crippen LogP contribution in [0.1, 0.15) is 34.1 Å². The van der Waals surface area contributed by atoms with Gasteiger partial charge in [-0.25, -0.2) is 4.98 Å². The van der Waals surface area contributed by atoms with Crippen molar-refractivity contribution in [2.75, 3.05) is 5.32 Å². The molecule has 0 spiro atoms. The number of aryl methyl sites for hydroxylation is 4. The molecule has 1 heterocycles. The van der Waals surface area contributed by atoms with Gasteiger partial charge in [-0.2, -0.15) is 0 Å². The van der Waals surface area contributed by atoms with E-state index in [1.165, 1.54) is 0 Å². The Hall–Kier alpha value is -2.66. The number of fused-ring (bicyclic) bond motifs is 1. The van der Waals surface area contributed by atoms with Gasteiger partial charge in [-0.05, 0) is 68.7 Å². The average Bonchev–Trinajstić information content (AvgIpc) is 2.59. The van der Waals surface area contributed by atoms with E-state index in [-0.39, 0.29) is 5.69 Å². The van der Waals surface area contributed by atoms with Gasteiger partial charge in [-0.1, -0.05) is 17.7 Å². The molecular formula is C20H20ClN3O2. The SMILES string of the molecule is CCn1c(=O)c(C(=O)Nc2ccc(C)c(Cl)c2)nc2cc(C)c(C)cc21. The van der Waals surface area contributed by atoms with Gasteiger partial charge in [-0.3, -0.25) is 9.59 Å². The molecule has 0 fully saturated rings. The second-order valence-electron chi connectivity index (χ2n) is 6.35. The van der Waals surface area contributed by atoms with Crippen molar-refractivity contribution < 1.29 is 4.79 Å². The fourth-order valence-electron chi connectivity index (χ4n) is 2.82. The van der Waals surface area contributed by atoms with Gasteiger partial charge in [0.25, 0.3) is 11.5 Å². The highest BCUT2D eigenvalue weighted by atomic mass is 35.5.